The molecule has 3 rings (SSSR count). The summed E-state index contributed by atoms with van der Waals surface area (Å²) in [5, 5.41) is 0. The minimum absolute atomic E-state index is 0.774. The second-order valence-corrected chi connectivity index (χ2v) is 5.59. The lowest BCUT2D eigenvalue weighted by atomic mass is 10.1. The average Bonchev–Trinajstić information content (AvgIpc) is 2.99. The van der Waals surface area contributed by atoms with Crippen molar-refractivity contribution in [2.45, 2.75) is 12.8 Å². The smallest absolute Gasteiger partial charge is 0.199 e. The van der Waals surface area contributed by atoms with Gasteiger partial charge in [0, 0.05) is 6.42 Å². The minimum Gasteiger partial charge on any atom is -0.482 e. The van der Waals surface area contributed by atoms with Crippen LogP contribution < -0.4 is 4.74 Å². The number of hydrogen-bond acceptors (Lipinski definition) is 3. The molecule has 0 N–H and O–H groups in total. The Morgan fingerprint density at radius 2 is 2.47 bits per heavy atom. The van der Waals surface area contributed by atoms with Crippen molar-refractivity contribution in [1.29, 1.82) is 0 Å². The van der Waals surface area contributed by atoms with Gasteiger partial charge in [0.15, 0.2) is 5.88 Å². The molecule has 3 nitrogen and oxygen atoms in total. The van der Waals surface area contributed by atoms with Crippen LogP contribution in [0.5, 0.6) is 5.88 Å². The second kappa shape index (κ2) is 4.61. The number of methoxy groups -OCH3 is 1. The van der Waals surface area contributed by atoms with Crippen molar-refractivity contribution in [1.82, 2.24) is 9.38 Å². The molecule has 0 radical (unpaired) electrons. The molecule has 90 valence electrons. The number of ether oxygens (including phenoxy) is 1. The second-order valence-electron chi connectivity index (χ2n) is 4.44. The number of imidazole rings is 1. The highest BCUT2D eigenvalue weighted by molar-refractivity contribution is 7.99. The van der Waals surface area contributed by atoms with Crippen LogP contribution in [0.4, 0.5) is 0 Å². The molecule has 0 amide bonds. The van der Waals surface area contributed by atoms with Gasteiger partial charge in [0.1, 0.15) is 5.82 Å². The summed E-state index contributed by atoms with van der Waals surface area (Å²) < 4.78 is 7.54. The first-order chi connectivity index (χ1) is 8.38. The first-order valence-corrected chi connectivity index (χ1v) is 7.11. The van der Waals surface area contributed by atoms with Gasteiger partial charge in [-0.25, -0.2) is 4.98 Å². The Bertz CT molecular complexity index is 517. The third kappa shape index (κ3) is 2.02. The Balaban J connectivity index is 1.98. The van der Waals surface area contributed by atoms with E-state index in [9.17, 15) is 0 Å². The highest BCUT2D eigenvalue weighted by atomic mass is 32.2. The van der Waals surface area contributed by atoms with E-state index in [0.29, 0.717) is 0 Å². The third-order valence-electron chi connectivity index (χ3n) is 3.29. The summed E-state index contributed by atoms with van der Waals surface area (Å²) in [4.78, 5) is 4.54. The molecule has 0 aromatic carbocycles. The molecular formula is C13H16N2OS. The van der Waals surface area contributed by atoms with Crippen molar-refractivity contribution in [2.24, 2.45) is 5.92 Å². The largest absolute Gasteiger partial charge is 0.482 e. The molecule has 2 aromatic rings. The van der Waals surface area contributed by atoms with Crippen LogP contribution in [0.15, 0.2) is 24.4 Å². The summed E-state index contributed by atoms with van der Waals surface area (Å²) >= 11 is 2.05. The quantitative estimate of drug-likeness (QED) is 0.835. The third-order valence-corrected chi connectivity index (χ3v) is 4.52. The first kappa shape index (κ1) is 11.0. The number of pyridine rings is 1. The predicted molar refractivity (Wildman–Crippen MR) is 70.9 cm³/mol. The normalized spacial score (nSPS) is 19.9. The number of aromatic nitrogens is 2. The van der Waals surface area contributed by atoms with Crippen molar-refractivity contribution < 1.29 is 4.74 Å². The van der Waals surface area contributed by atoms with Crippen LogP contribution in [-0.4, -0.2) is 28.0 Å². The highest BCUT2D eigenvalue weighted by Gasteiger charge is 2.19. The molecule has 1 unspecified atom stereocenters. The SMILES string of the molecule is COc1cccc2cnc(CC3CCSC3)n12. The van der Waals surface area contributed by atoms with Gasteiger partial charge in [0.2, 0.25) is 0 Å². The van der Waals surface area contributed by atoms with E-state index in [-0.39, 0.29) is 0 Å². The van der Waals surface area contributed by atoms with Crippen molar-refractivity contribution in [2.75, 3.05) is 18.6 Å². The molecule has 1 aliphatic heterocycles. The van der Waals surface area contributed by atoms with Gasteiger partial charge in [-0.05, 0) is 36.0 Å². The van der Waals surface area contributed by atoms with Crippen LogP contribution in [0.2, 0.25) is 0 Å². The summed E-state index contributed by atoms with van der Waals surface area (Å²) in [5.74, 6) is 5.34. The van der Waals surface area contributed by atoms with Gasteiger partial charge >= 0.3 is 0 Å². The Morgan fingerprint density at radius 1 is 1.53 bits per heavy atom. The van der Waals surface area contributed by atoms with Crippen LogP contribution >= 0.6 is 11.8 Å². The van der Waals surface area contributed by atoms with E-state index in [4.69, 9.17) is 4.74 Å². The monoisotopic (exact) mass is 248 g/mol. The van der Waals surface area contributed by atoms with E-state index in [0.717, 1.165) is 29.6 Å². The Hall–Kier alpha value is -1.16. The molecule has 2 aromatic heterocycles. The van der Waals surface area contributed by atoms with Gasteiger partial charge in [0.25, 0.3) is 0 Å². The molecule has 0 saturated carbocycles. The van der Waals surface area contributed by atoms with Gasteiger partial charge in [0.05, 0.1) is 18.8 Å². The zero-order chi connectivity index (χ0) is 11.7. The summed E-state index contributed by atoms with van der Waals surface area (Å²) in [7, 11) is 1.71. The van der Waals surface area contributed by atoms with E-state index >= 15 is 0 Å². The first-order valence-electron chi connectivity index (χ1n) is 5.95. The number of rotatable bonds is 3. The van der Waals surface area contributed by atoms with Crippen LogP contribution in [0, 0.1) is 5.92 Å². The zero-order valence-electron chi connectivity index (χ0n) is 9.93. The van der Waals surface area contributed by atoms with Gasteiger partial charge in [-0.1, -0.05) is 6.07 Å². The number of fused-ring (bicyclic) bond motifs is 1. The van der Waals surface area contributed by atoms with Crippen molar-refractivity contribution in [3.63, 3.8) is 0 Å². The molecule has 1 saturated heterocycles. The molecule has 3 heterocycles. The molecule has 0 spiro atoms. The maximum absolute atomic E-state index is 5.41. The van der Waals surface area contributed by atoms with Crippen molar-refractivity contribution in [3.05, 3.63) is 30.2 Å². The summed E-state index contributed by atoms with van der Waals surface area (Å²) in [6, 6.07) is 6.06. The molecular weight excluding hydrogens is 232 g/mol. The highest BCUT2D eigenvalue weighted by Crippen LogP contribution is 2.27. The molecule has 17 heavy (non-hydrogen) atoms. The average molecular weight is 248 g/mol. The number of hydrogen-bond donors (Lipinski definition) is 0. The number of thioether (sulfide) groups is 1. The van der Waals surface area contributed by atoms with Gasteiger partial charge < -0.3 is 4.74 Å². The van der Waals surface area contributed by atoms with Crippen molar-refractivity contribution >= 4 is 17.3 Å². The van der Waals surface area contributed by atoms with E-state index in [2.05, 4.69) is 27.2 Å². The number of nitrogens with zero attached hydrogens (tertiary/aromatic N) is 2. The fourth-order valence-corrected chi connectivity index (χ4v) is 3.67. The lowest BCUT2D eigenvalue weighted by Gasteiger charge is -2.10. The van der Waals surface area contributed by atoms with Gasteiger partial charge in [-0.3, -0.25) is 4.40 Å². The fourth-order valence-electron chi connectivity index (χ4n) is 2.39. The van der Waals surface area contributed by atoms with Crippen LogP contribution in [0.1, 0.15) is 12.2 Å². The Morgan fingerprint density at radius 3 is 3.24 bits per heavy atom. The van der Waals surface area contributed by atoms with Crippen LogP contribution in [0.3, 0.4) is 0 Å². The van der Waals surface area contributed by atoms with Crippen molar-refractivity contribution in [3.8, 4) is 5.88 Å². The van der Waals surface area contributed by atoms with Crippen LogP contribution in [0.25, 0.3) is 5.52 Å². The lowest BCUT2D eigenvalue weighted by Crippen LogP contribution is -2.07. The minimum atomic E-state index is 0.774. The van der Waals surface area contributed by atoms with E-state index in [1.54, 1.807) is 7.11 Å². The standard InChI is InChI=1S/C13H16N2OS/c1-16-13-4-2-3-11-8-14-12(15(11)13)7-10-5-6-17-9-10/h2-4,8,10H,5-7,9H2,1H3. The summed E-state index contributed by atoms with van der Waals surface area (Å²) in [6.07, 6.45) is 4.30. The molecule has 0 bridgehead atoms. The maximum atomic E-state index is 5.41. The summed E-state index contributed by atoms with van der Waals surface area (Å²) in [6.45, 7) is 0. The topological polar surface area (TPSA) is 26.5 Å². The Kier molecular flexibility index (Phi) is 2.97. The molecule has 0 aliphatic carbocycles. The maximum Gasteiger partial charge on any atom is 0.199 e. The lowest BCUT2D eigenvalue weighted by molar-refractivity contribution is 0.388. The Labute approximate surface area is 105 Å². The predicted octanol–water partition coefficient (Wildman–Crippen LogP) is 2.64. The molecule has 1 fully saturated rings. The summed E-state index contributed by atoms with van der Waals surface area (Å²) in [5.41, 5.74) is 1.12. The molecule has 4 heteroatoms. The fraction of sp³-hybridized carbons (Fsp3) is 0.462. The van der Waals surface area contributed by atoms with E-state index < -0.39 is 0 Å². The molecule has 1 aliphatic rings. The van der Waals surface area contributed by atoms with Gasteiger partial charge in [-0.2, -0.15) is 11.8 Å². The molecule has 1 atom stereocenters. The van der Waals surface area contributed by atoms with Crippen LogP contribution in [-0.2, 0) is 6.42 Å². The van der Waals surface area contributed by atoms with E-state index in [1.807, 2.05) is 18.3 Å². The van der Waals surface area contributed by atoms with E-state index in [1.165, 1.54) is 17.9 Å². The van der Waals surface area contributed by atoms with Gasteiger partial charge in [-0.15, -0.1) is 0 Å². The zero-order valence-corrected chi connectivity index (χ0v) is 10.7.